The Labute approximate surface area is 121 Å². The molecule has 0 unspecified atom stereocenters. The second-order valence-electron chi connectivity index (χ2n) is 5.51. The highest BCUT2D eigenvalue weighted by Crippen LogP contribution is 2.22. The summed E-state index contributed by atoms with van der Waals surface area (Å²) in [5, 5.41) is 7.97. The predicted octanol–water partition coefficient (Wildman–Crippen LogP) is 3.16. The van der Waals surface area contributed by atoms with E-state index in [2.05, 4.69) is 55.4 Å². The summed E-state index contributed by atoms with van der Waals surface area (Å²) in [7, 11) is 0. The SMILES string of the molecule is CCCn1cc(-c2cncc(CNC(C)C)c2)c(C)n1. The molecule has 0 aromatic carbocycles. The van der Waals surface area contributed by atoms with Gasteiger partial charge in [-0.25, -0.2) is 0 Å². The molecule has 2 rings (SSSR count). The van der Waals surface area contributed by atoms with Crippen LogP contribution in [0.3, 0.4) is 0 Å². The largest absolute Gasteiger partial charge is 0.310 e. The van der Waals surface area contributed by atoms with Gasteiger partial charge in [0.1, 0.15) is 0 Å². The Kier molecular flexibility index (Phi) is 4.90. The molecule has 1 N–H and O–H groups in total. The van der Waals surface area contributed by atoms with Crippen molar-refractivity contribution in [1.29, 1.82) is 0 Å². The molecule has 2 aromatic heterocycles. The summed E-state index contributed by atoms with van der Waals surface area (Å²) in [6.07, 6.45) is 7.05. The van der Waals surface area contributed by atoms with Crippen molar-refractivity contribution in [3.63, 3.8) is 0 Å². The molecule has 108 valence electrons. The summed E-state index contributed by atoms with van der Waals surface area (Å²) in [6, 6.07) is 2.68. The molecule has 0 aliphatic rings. The maximum Gasteiger partial charge on any atom is 0.0672 e. The van der Waals surface area contributed by atoms with E-state index in [1.54, 1.807) is 0 Å². The molecule has 0 saturated carbocycles. The number of rotatable bonds is 6. The number of hydrogen-bond acceptors (Lipinski definition) is 3. The monoisotopic (exact) mass is 272 g/mol. The Hall–Kier alpha value is -1.68. The standard InChI is InChI=1S/C16H24N4/c1-5-6-20-11-16(13(4)19-20)15-7-14(8-17-10-15)9-18-12(2)3/h7-8,10-12,18H,5-6,9H2,1-4H3. The van der Waals surface area contributed by atoms with Crippen LogP contribution in [0.25, 0.3) is 11.1 Å². The van der Waals surface area contributed by atoms with Gasteiger partial charge >= 0.3 is 0 Å². The normalized spacial score (nSPS) is 11.2. The van der Waals surface area contributed by atoms with Gasteiger partial charge in [0, 0.05) is 48.8 Å². The summed E-state index contributed by atoms with van der Waals surface area (Å²) in [6.45, 7) is 10.3. The molecule has 0 fully saturated rings. The van der Waals surface area contributed by atoms with Crippen LogP contribution in [-0.2, 0) is 13.1 Å². The van der Waals surface area contributed by atoms with Crippen molar-refractivity contribution < 1.29 is 0 Å². The topological polar surface area (TPSA) is 42.7 Å². The minimum absolute atomic E-state index is 0.479. The summed E-state index contributed by atoms with van der Waals surface area (Å²) >= 11 is 0. The Balaban J connectivity index is 2.21. The van der Waals surface area contributed by atoms with Crippen LogP contribution in [0.5, 0.6) is 0 Å². The predicted molar refractivity (Wildman–Crippen MR) is 82.5 cm³/mol. The lowest BCUT2D eigenvalue weighted by molar-refractivity contribution is 0.588. The van der Waals surface area contributed by atoms with E-state index in [9.17, 15) is 0 Å². The Morgan fingerprint density at radius 1 is 1.30 bits per heavy atom. The highest BCUT2D eigenvalue weighted by Gasteiger charge is 2.08. The Morgan fingerprint density at radius 2 is 2.10 bits per heavy atom. The summed E-state index contributed by atoms with van der Waals surface area (Å²) in [5.74, 6) is 0. The van der Waals surface area contributed by atoms with Crippen molar-refractivity contribution in [2.45, 2.75) is 53.2 Å². The third kappa shape index (κ3) is 3.67. The average molecular weight is 272 g/mol. The lowest BCUT2D eigenvalue weighted by atomic mass is 10.1. The summed E-state index contributed by atoms with van der Waals surface area (Å²) in [4.78, 5) is 4.36. The van der Waals surface area contributed by atoms with Gasteiger partial charge in [-0.15, -0.1) is 0 Å². The van der Waals surface area contributed by atoms with E-state index in [0.717, 1.165) is 30.8 Å². The van der Waals surface area contributed by atoms with Crippen LogP contribution in [0.1, 0.15) is 38.4 Å². The van der Waals surface area contributed by atoms with E-state index in [1.807, 2.05) is 17.1 Å². The van der Waals surface area contributed by atoms with Gasteiger partial charge in [0.25, 0.3) is 0 Å². The number of aryl methyl sites for hydroxylation is 2. The highest BCUT2D eigenvalue weighted by atomic mass is 15.3. The quantitative estimate of drug-likeness (QED) is 0.878. The zero-order valence-electron chi connectivity index (χ0n) is 12.8. The molecule has 2 heterocycles. The summed E-state index contributed by atoms with van der Waals surface area (Å²) < 4.78 is 2.02. The van der Waals surface area contributed by atoms with E-state index in [0.29, 0.717) is 6.04 Å². The first-order valence-electron chi connectivity index (χ1n) is 7.32. The average Bonchev–Trinajstić information content (AvgIpc) is 2.78. The minimum Gasteiger partial charge on any atom is -0.310 e. The highest BCUT2D eigenvalue weighted by molar-refractivity contribution is 5.64. The molecule has 4 nitrogen and oxygen atoms in total. The molecular weight excluding hydrogens is 248 g/mol. The molecule has 0 amide bonds. The fourth-order valence-electron chi connectivity index (χ4n) is 2.20. The summed E-state index contributed by atoms with van der Waals surface area (Å²) in [5.41, 5.74) is 4.60. The number of nitrogens with zero attached hydrogens (tertiary/aromatic N) is 3. The molecule has 0 saturated heterocycles. The van der Waals surface area contributed by atoms with Crippen LogP contribution in [0.4, 0.5) is 0 Å². The molecular formula is C16H24N4. The molecule has 0 spiro atoms. The van der Waals surface area contributed by atoms with Crippen molar-refractivity contribution in [1.82, 2.24) is 20.1 Å². The second kappa shape index (κ2) is 6.66. The van der Waals surface area contributed by atoms with Gasteiger partial charge in [-0.2, -0.15) is 5.10 Å². The second-order valence-corrected chi connectivity index (χ2v) is 5.51. The van der Waals surface area contributed by atoms with Gasteiger partial charge < -0.3 is 5.32 Å². The third-order valence-corrected chi connectivity index (χ3v) is 3.22. The third-order valence-electron chi connectivity index (χ3n) is 3.22. The maximum absolute atomic E-state index is 4.55. The van der Waals surface area contributed by atoms with Crippen LogP contribution >= 0.6 is 0 Å². The van der Waals surface area contributed by atoms with Crippen molar-refractivity contribution >= 4 is 0 Å². The van der Waals surface area contributed by atoms with Crippen LogP contribution in [0.2, 0.25) is 0 Å². The molecule has 0 atom stereocenters. The number of pyridine rings is 1. The van der Waals surface area contributed by atoms with Gasteiger partial charge in [-0.1, -0.05) is 20.8 Å². The van der Waals surface area contributed by atoms with E-state index in [1.165, 1.54) is 11.1 Å². The van der Waals surface area contributed by atoms with Crippen LogP contribution < -0.4 is 5.32 Å². The zero-order chi connectivity index (χ0) is 14.5. The minimum atomic E-state index is 0.479. The van der Waals surface area contributed by atoms with Gasteiger partial charge in [-0.3, -0.25) is 9.67 Å². The van der Waals surface area contributed by atoms with Gasteiger partial charge in [0.05, 0.1) is 5.69 Å². The first kappa shape index (κ1) is 14.7. The van der Waals surface area contributed by atoms with E-state index < -0.39 is 0 Å². The van der Waals surface area contributed by atoms with E-state index in [4.69, 9.17) is 0 Å². The van der Waals surface area contributed by atoms with Crippen molar-refractivity contribution in [3.05, 3.63) is 35.9 Å². The molecule has 2 aromatic rings. The number of aromatic nitrogens is 3. The van der Waals surface area contributed by atoms with E-state index in [-0.39, 0.29) is 0 Å². The molecule has 0 radical (unpaired) electrons. The molecule has 4 heteroatoms. The fraction of sp³-hybridized carbons (Fsp3) is 0.500. The van der Waals surface area contributed by atoms with Gasteiger partial charge in [0.15, 0.2) is 0 Å². The molecule has 0 aliphatic carbocycles. The van der Waals surface area contributed by atoms with Gasteiger partial charge in [-0.05, 0) is 25.0 Å². The maximum atomic E-state index is 4.55. The van der Waals surface area contributed by atoms with E-state index >= 15 is 0 Å². The Morgan fingerprint density at radius 3 is 2.80 bits per heavy atom. The zero-order valence-corrected chi connectivity index (χ0v) is 12.8. The fourth-order valence-corrected chi connectivity index (χ4v) is 2.20. The molecule has 0 aliphatic heterocycles. The number of nitrogens with one attached hydrogen (secondary N) is 1. The van der Waals surface area contributed by atoms with Crippen LogP contribution in [-0.4, -0.2) is 20.8 Å². The smallest absolute Gasteiger partial charge is 0.0672 e. The first-order valence-corrected chi connectivity index (χ1v) is 7.32. The molecule has 0 bridgehead atoms. The van der Waals surface area contributed by atoms with Crippen LogP contribution in [0.15, 0.2) is 24.7 Å². The van der Waals surface area contributed by atoms with Crippen molar-refractivity contribution in [2.24, 2.45) is 0 Å². The number of hydrogen-bond donors (Lipinski definition) is 1. The lowest BCUT2D eigenvalue weighted by Crippen LogP contribution is -2.21. The van der Waals surface area contributed by atoms with Crippen LogP contribution in [0, 0.1) is 6.92 Å². The van der Waals surface area contributed by atoms with Crippen molar-refractivity contribution in [3.8, 4) is 11.1 Å². The first-order chi connectivity index (χ1) is 9.60. The molecule has 20 heavy (non-hydrogen) atoms. The lowest BCUT2D eigenvalue weighted by Gasteiger charge is -2.08. The van der Waals surface area contributed by atoms with Crippen molar-refractivity contribution in [2.75, 3.05) is 0 Å². The Bertz CT molecular complexity index is 557. The van der Waals surface area contributed by atoms with Gasteiger partial charge in [0.2, 0.25) is 0 Å².